The average molecular weight is 410 g/mol. The van der Waals surface area contributed by atoms with Gasteiger partial charge in [-0.1, -0.05) is 18.2 Å². The van der Waals surface area contributed by atoms with Crippen molar-refractivity contribution in [3.05, 3.63) is 42.2 Å². The second kappa shape index (κ2) is 12.4. The normalized spacial score (nSPS) is 12.1. The van der Waals surface area contributed by atoms with Gasteiger partial charge in [0.25, 0.3) is 0 Å². The molecule has 1 aromatic heterocycles. The fourth-order valence-electron chi connectivity index (χ4n) is 2.39. The lowest BCUT2D eigenvalue weighted by molar-refractivity contribution is -0.142. The topological polar surface area (TPSA) is 88.9 Å². The minimum atomic E-state index is -1.29. The Hall–Kier alpha value is -2.07. The Labute approximate surface area is 167 Å². The van der Waals surface area contributed by atoms with E-state index in [0.717, 1.165) is 11.3 Å². The quantitative estimate of drug-likeness (QED) is 0.284. The first-order valence-corrected chi connectivity index (χ1v) is 10.2. The maximum atomic E-state index is 12.7. The van der Waals surface area contributed by atoms with Crippen molar-refractivity contribution in [2.45, 2.75) is 25.1 Å². The molecule has 1 atom stereocenters. The molecule has 1 heterocycles. The van der Waals surface area contributed by atoms with Gasteiger partial charge in [-0.2, -0.15) is 0 Å². The summed E-state index contributed by atoms with van der Waals surface area (Å²) in [5, 5.41) is 0.451. The van der Waals surface area contributed by atoms with Crippen LogP contribution in [0.2, 0.25) is 0 Å². The van der Waals surface area contributed by atoms with Crippen LogP contribution in [-0.2, 0) is 41.1 Å². The number of imidazole rings is 1. The summed E-state index contributed by atoms with van der Waals surface area (Å²) in [6.07, 6.45) is 3.97. The van der Waals surface area contributed by atoms with Gasteiger partial charge in [0.1, 0.15) is 13.4 Å². The zero-order chi connectivity index (χ0) is 20.2. The van der Waals surface area contributed by atoms with Crippen molar-refractivity contribution in [2.24, 2.45) is 0 Å². The first-order chi connectivity index (χ1) is 13.6. The van der Waals surface area contributed by atoms with Crippen molar-refractivity contribution in [2.75, 3.05) is 39.5 Å². The van der Waals surface area contributed by atoms with Crippen molar-refractivity contribution in [3.8, 4) is 5.69 Å². The molecule has 2 aromatic rings. The van der Waals surface area contributed by atoms with Crippen LogP contribution < -0.4 is 0 Å². The minimum Gasteiger partial charge on any atom is -0.461 e. The number of carbonyl (C=O) groups is 1. The number of esters is 1. The van der Waals surface area contributed by atoms with Gasteiger partial charge in [0.05, 0.1) is 36.3 Å². The van der Waals surface area contributed by atoms with Crippen LogP contribution in [-0.4, -0.2) is 59.2 Å². The summed E-state index contributed by atoms with van der Waals surface area (Å²) in [6, 6.07) is 7.47. The van der Waals surface area contributed by atoms with E-state index in [1.54, 1.807) is 24.1 Å². The van der Waals surface area contributed by atoms with Crippen LogP contribution in [0.5, 0.6) is 0 Å². The third kappa shape index (κ3) is 7.16. The molecule has 1 unspecified atom stereocenters. The molecule has 0 fully saturated rings. The number of aromatic nitrogens is 2. The average Bonchev–Trinajstić information content (AvgIpc) is 3.18. The number of benzene rings is 1. The number of methoxy groups -OCH3 is 1. The predicted molar refractivity (Wildman–Crippen MR) is 104 cm³/mol. The van der Waals surface area contributed by atoms with Crippen LogP contribution in [0.1, 0.15) is 18.9 Å². The van der Waals surface area contributed by atoms with Crippen LogP contribution >= 0.6 is 0 Å². The molecular formula is C19H26N2O6S. The number of hydrogen-bond donors (Lipinski definition) is 0. The number of nitrogens with zero attached hydrogens (tertiary/aromatic N) is 2. The third-order valence-electron chi connectivity index (χ3n) is 3.71. The van der Waals surface area contributed by atoms with Crippen LogP contribution in [0.4, 0.5) is 0 Å². The molecule has 2 rings (SSSR count). The lowest BCUT2D eigenvalue weighted by Crippen LogP contribution is -2.11. The molecule has 8 nitrogen and oxygen atoms in total. The Bertz CT molecular complexity index is 764. The van der Waals surface area contributed by atoms with Crippen LogP contribution in [0.3, 0.4) is 0 Å². The SMILES string of the molecule is COCCOCOCCCS(=O)c1nccn1-c1ccccc1COC(C)=O. The highest BCUT2D eigenvalue weighted by atomic mass is 32.2. The van der Waals surface area contributed by atoms with Gasteiger partial charge >= 0.3 is 5.97 Å². The fourth-order valence-corrected chi connectivity index (χ4v) is 3.51. The summed E-state index contributed by atoms with van der Waals surface area (Å²) in [5.41, 5.74) is 1.60. The Morgan fingerprint density at radius 3 is 2.75 bits per heavy atom. The molecule has 0 saturated heterocycles. The number of para-hydroxylation sites is 1. The van der Waals surface area contributed by atoms with E-state index in [4.69, 9.17) is 18.9 Å². The van der Waals surface area contributed by atoms with Gasteiger partial charge < -0.3 is 18.9 Å². The van der Waals surface area contributed by atoms with E-state index >= 15 is 0 Å². The largest absolute Gasteiger partial charge is 0.461 e. The second-order valence-corrected chi connectivity index (χ2v) is 7.28. The van der Waals surface area contributed by atoms with Gasteiger partial charge in [-0.3, -0.25) is 13.6 Å². The number of hydrogen-bond acceptors (Lipinski definition) is 7. The van der Waals surface area contributed by atoms with E-state index in [9.17, 15) is 9.00 Å². The molecule has 1 aromatic carbocycles. The minimum absolute atomic E-state index is 0.146. The molecule has 0 N–H and O–H groups in total. The standard InChI is InChI=1S/C19H26N2O6S/c1-16(22)27-14-17-6-3-4-7-18(17)21-9-8-20-19(21)28(23)13-5-10-25-15-26-12-11-24-2/h3-4,6-9H,5,10-15H2,1-2H3. The van der Waals surface area contributed by atoms with E-state index in [1.807, 2.05) is 24.3 Å². The molecule has 0 saturated carbocycles. The van der Waals surface area contributed by atoms with E-state index in [2.05, 4.69) is 4.98 Å². The predicted octanol–water partition coefficient (Wildman–Crippen LogP) is 2.07. The highest BCUT2D eigenvalue weighted by Gasteiger charge is 2.15. The summed E-state index contributed by atoms with van der Waals surface area (Å²) < 4.78 is 35.0. The summed E-state index contributed by atoms with van der Waals surface area (Å²) >= 11 is 0. The van der Waals surface area contributed by atoms with E-state index < -0.39 is 10.8 Å². The lowest BCUT2D eigenvalue weighted by atomic mass is 10.2. The molecule has 0 aliphatic carbocycles. The summed E-state index contributed by atoms with van der Waals surface area (Å²) in [4.78, 5) is 15.4. The molecule has 9 heteroatoms. The van der Waals surface area contributed by atoms with Gasteiger partial charge in [-0.05, 0) is 12.5 Å². The highest BCUT2D eigenvalue weighted by molar-refractivity contribution is 7.84. The van der Waals surface area contributed by atoms with Gasteiger partial charge in [-0.25, -0.2) is 4.98 Å². The van der Waals surface area contributed by atoms with Crippen LogP contribution in [0.15, 0.2) is 41.8 Å². The summed E-state index contributed by atoms with van der Waals surface area (Å²) in [7, 11) is 0.317. The zero-order valence-corrected chi connectivity index (χ0v) is 17.0. The highest BCUT2D eigenvalue weighted by Crippen LogP contribution is 2.19. The second-order valence-electron chi connectivity index (χ2n) is 5.82. The van der Waals surface area contributed by atoms with E-state index in [0.29, 0.717) is 37.2 Å². The van der Waals surface area contributed by atoms with E-state index in [-0.39, 0.29) is 19.4 Å². The van der Waals surface area contributed by atoms with Gasteiger partial charge in [0.2, 0.25) is 5.16 Å². The Balaban J connectivity index is 1.91. The van der Waals surface area contributed by atoms with Gasteiger partial charge in [0, 0.05) is 37.7 Å². The van der Waals surface area contributed by atoms with Crippen molar-refractivity contribution in [1.82, 2.24) is 9.55 Å². The molecule has 0 aliphatic rings. The van der Waals surface area contributed by atoms with E-state index in [1.165, 1.54) is 6.92 Å². The smallest absolute Gasteiger partial charge is 0.302 e. The number of rotatable bonds is 13. The van der Waals surface area contributed by atoms with Crippen LogP contribution in [0, 0.1) is 0 Å². The molecule has 0 radical (unpaired) electrons. The van der Waals surface area contributed by atoms with Crippen molar-refractivity contribution >= 4 is 16.8 Å². The third-order valence-corrected chi connectivity index (χ3v) is 5.08. The molecule has 0 spiro atoms. The first kappa shape index (κ1) is 22.2. The Kier molecular flexibility index (Phi) is 9.84. The lowest BCUT2D eigenvalue weighted by Gasteiger charge is -2.13. The summed E-state index contributed by atoms with van der Waals surface area (Å²) in [5.74, 6) is 0.0664. The first-order valence-electron chi connectivity index (χ1n) is 8.91. The molecular weight excluding hydrogens is 384 g/mol. The molecule has 154 valence electrons. The van der Waals surface area contributed by atoms with Gasteiger partial charge in [0.15, 0.2) is 0 Å². The summed E-state index contributed by atoms with van der Waals surface area (Å²) in [6.45, 7) is 3.15. The van der Waals surface area contributed by atoms with Crippen molar-refractivity contribution in [1.29, 1.82) is 0 Å². The maximum Gasteiger partial charge on any atom is 0.302 e. The van der Waals surface area contributed by atoms with Crippen molar-refractivity contribution < 1.29 is 28.0 Å². The van der Waals surface area contributed by atoms with Crippen molar-refractivity contribution in [3.63, 3.8) is 0 Å². The maximum absolute atomic E-state index is 12.7. The number of ether oxygens (including phenoxy) is 4. The monoisotopic (exact) mass is 410 g/mol. The fraction of sp³-hybridized carbons (Fsp3) is 0.474. The molecule has 28 heavy (non-hydrogen) atoms. The van der Waals surface area contributed by atoms with Gasteiger partial charge in [-0.15, -0.1) is 0 Å². The Morgan fingerprint density at radius 1 is 1.18 bits per heavy atom. The Morgan fingerprint density at radius 2 is 1.96 bits per heavy atom. The molecule has 0 aliphatic heterocycles. The zero-order valence-electron chi connectivity index (χ0n) is 16.2. The van der Waals surface area contributed by atoms with Crippen LogP contribution in [0.25, 0.3) is 5.69 Å². The number of carbonyl (C=O) groups excluding carboxylic acids is 1. The molecule has 0 amide bonds. The molecule has 0 bridgehead atoms.